The predicted molar refractivity (Wildman–Crippen MR) is 68.0 cm³/mol. The lowest BCUT2D eigenvalue weighted by molar-refractivity contribution is 0.103. The molecule has 0 radical (unpaired) electrons. The highest BCUT2D eigenvalue weighted by Gasteiger charge is 2.11. The summed E-state index contributed by atoms with van der Waals surface area (Å²) < 4.78 is 26.1. The van der Waals surface area contributed by atoms with E-state index in [9.17, 15) is 13.6 Å². The SMILES string of the molecule is CCc1ccc(C(=O)Nc2ccc(F)cc2F)s1. The van der Waals surface area contributed by atoms with E-state index in [4.69, 9.17) is 0 Å². The van der Waals surface area contributed by atoms with Crippen LogP contribution < -0.4 is 5.32 Å². The molecule has 0 atom stereocenters. The average Bonchev–Trinajstić information content (AvgIpc) is 2.81. The molecule has 0 unspecified atom stereocenters. The average molecular weight is 267 g/mol. The van der Waals surface area contributed by atoms with Gasteiger partial charge < -0.3 is 5.32 Å². The fraction of sp³-hybridized carbons (Fsp3) is 0.154. The molecule has 94 valence electrons. The Labute approximate surface area is 107 Å². The molecule has 2 rings (SSSR count). The van der Waals surface area contributed by atoms with Gasteiger partial charge in [0, 0.05) is 10.9 Å². The number of thiophene rings is 1. The van der Waals surface area contributed by atoms with E-state index in [1.807, 2.05) is 13.0 Å². The minimum Gasteiger partial charge on any atom is -0.319 e. The molecule has 2 aromatic rings. The van der Waals surface area contributed by atoms with Crippen LogP contribution in [0.1, 0.15) is 21.5 Å². The zero-order valence-electron chi connectivity index (χ0n) is 9.67. The van der Waals surface area contributed by atoms with Gasteiger partial charge in [-0.05, 0) is 30.7 Å². The molecule has 2 nitrogen and oxygen atoms in total. The van der Waals surface area contributed by atoms with Crippen LogP contribution in [0.15, 0.2) is 30.3 Å². The third-order valence-electron chi connectivity index (χ3n) is 2.41. The third-order valence-corrected chi connectivity index (χ3v) is 3.64. The largest absolute Gasteiger partial charge is 0.319 e. The molecule has 1 aromatic heterocycles. The fourth-order valence-electron chi connectivity index (χ4n) is 1.46. The molecule has 0 bridgehead atoms. The van der Waals surface area contributed by atoms with Crippen LogP contribution in [0.5, 0.6) is 0 Å². The van der Waals surface area contributed by atoms with E-state index < -0.39 is 11.6 Å². The van der Waals surface area contributed by atoms with Crippen molar-refractivity contribution in [1.82, 2.24) is 0 Å². The van der Waals surface area contributed by atoms with Gasteiger partial charge in [-0.15, -0.1) is 11.3 Å². The molecule has 0 spiro atoms. The van der Waals surface area contributed by atoms with Crippen LogP contribution in [-0.4, -0.2) is 5.91 Å². The minimum absolute atomic E-state index is 0.0205. The van der Waals surface area contributed by atoms with E-state index >= 15 is 0 Å². The van der Waals surface area contributed by atoms with Gasteiger partial charge in [-0.3, -0.25) is 4.79 Å². The van der Waals surface area contributed by atoms with Gasteiger partial charge in [0.15, 0.2) is 0 Å². The first-order chi connectivity index (χ1) is 8.60. The van der Waals surface area contributed by atoms with Crippen molar-refractivity contribution in [1.29, 1.82) is 0 Å². The number of carbonyl (C=O) groups is 1. The predicted octanol–water partition coefficient (Wildman–Crippen LogP) is 3.84. The van der Waals surface area contributed by atoms with Crippen molar-refractivity contribution in [3.63, 3.8) is 0 Å². The van der Waals surface area contributed by atoms with Crippen molar-refractivity contribution in [2.45, 2.75) is 13.3 Å². The summed E-state index contributed by atoms with van der Waals surface area (Å²) in [6, 6.07) is 6.60. The number of halogens is 2. The maximum atomic E-state index is 13.3. The van der Waals surface area contributed by atoms with Crippen molar-refractivity contribution in [3.8, 4) is 0 Å². The lowest BCUT2D eigenvalue weighted by atomic mass is 10.3. The van der Waals surface area contributed by atoms with E-state index in [0.29, 0.717) is 4.88 Å². The summed E-state index contributed by atoms with van der Waals surface area (Å²) in [7, 11) is 0. The van der Waals surface area contributed by atoms with Crippen molar-refractivity contribution in [2.75, 3.05) is 5.32 Å². The highest BCUT2D eigenvalue weighted by molar-refractivity contribution is 7.14. The number of carbonyl (C=O) groups excluding carboxylic acids is 1. The summed E-state index contributed by atoms with van der Waals surface area (Å²) in [6.45, 7) is 1.99. The zero-order valence-corrected chi connectivity index (χ0v) is 10.5. The molecule has 18 heavy (non-hydrogen) atoms. The van der Waals surface area contributed by atoms with Gasteiger partial charge in [-0.25, -0.2) is 8.78 Å². The van der Waals surface area contributed by atoms with Gasteiger partial charge in [0.05, 0.1) is 10.6 Å². The van der Waals surface area contributed by atoms with Gasteiger partial charge in [-0.2, -0.15) is 0 Å². The summed E-state index contributed by atoms with van der Waals surface area (Å²) in [6.07, 6.45) is 0.850. The van der Waals surface area contributed by atoms with Crippen LogP contribution in [0.25, 0.3) is 0 Å². The summed E-state index contributed by atoms with van der Waals surface area (Å²) in [4.78, 5) is 13.4. The summed E-state index contributed by atoms with van der Waals surface area (Å²) >= 11 is 1.36. The second kappa shape index (κ2) is 5.27. The van der Waals surface area contributed by atoms with Gasteiger partial charge in [-0.1, -0.05) is 6.92 Å². The highest BCUT2D eigenvalue weighted by Crippen LogP contribution is 2.20. The molecule has 0 aliphatic rings. The molecule has 1 aromatic carbocycles. The van der Waals surface area contributed by atoms with Crippen molar-refractivity contribution >= 4 is 22.9 Å². The first-order valence-corrected chi connectivity index (χ1v) is 6.27. The molecule has 0 saturated carbocycles. The molecule has 0 aliphatic carbocycles. The van der Waals surface area contributed by atoms with Gasteiger partial charge >= 0.3 is 0 Å². The second-order valence-electron chi connectivity index (χ2n) is 3.70. The van der Waals surface area contributed by atoms with E-state index in [1.165, 1.54) is 17.4 Å². The lowest BCUT2D eigenvalue weighted by Crippen LogP contribution is -2.11. The van der Waals surface area contributed by atoms with Crippen LogP contribution in [-0.2, 0) is 6.42 Å². The first-order valence-electron chi connectivity index (χ1n) is 5.45. The third kappa shape index (κ3) is 2.73. The molecule has 0 fully saturated rings. The molecule has 5 heteroatoms. The second-order valence-corrected chi connectivity index (χ2v) is 4.87. The van der Waals surface area contributed by atoms with E-state index in [0.717, 1.165) is 23.4 Å². The number of nitrogens with one attached hydrogen (secondary N) is 1. The van der Waals surface area contributed by atoms with E-state index in [-0.39, 0.29) is 11.6 Å². The Morgan fingerprint density at radius 2 is 2.06 bits per heavy atom. The lowest BCUT2D eigenvalue weighted by Gasteiger charge is -2.04. The van der Waals surface area contributed by atoms with Crippen LogP contribution in [0.3, 0.4) is 0 Å². The molecular weight excluding hydrogens is 256 g/mol. The van der Waals surface area contributed by atoms with Crippen LogP contribution >= 0.6 is 11.3 Å². The molecule has 0 aliphatic heterocycles. The first kappa shape index (κ1) is 12.7. The van der Waals surface area contributed by atoms with Crippen molar-refractivity contribution in [2.24, 2.45) is 0 Å². The molecule has 1 amide bonds. The van der Waals surface area contributed by atoms with Crippen LogP contribution in [0.4, 0.5) is 14.5 Å². The number of benzene rings is 1. The number of hydrogen-bond donors (Lipinski definition) is 1. The van der Waals surface area contributed by atoms with Crippen LogP contribution in [0, 0.1) is 11.6 Å². The Morgan fingerprint density at radius 3 is 2.67 bits per heavy atom. The number of anilines is 1. The zero-order chi connectivity index (χ0) is 13.1. The van der Waals surface area contributed by atoms with E-state index in [1.54, 1.807) is 6.07 Å². The Hall–Kier alpha value is -1.75. The Morgan fingerprint density at radius 1 is 1.28 bits per heavy atom. The molecule has 0 saturated heterocycles. The van der Waals surface area contributed by atoms with Crippen molar-refractivity contribution < 1.29 is 13.6 Å². The number of hydrogen-bond acceptors (Lipinski definition) is 2. The highest BCUT2D eigenvalue weighted by atomic mass is 32.1. The maximum absolute atomic E-state index is 13.3. The Balaban J connectivity index is 2.16. The minimum atomic E-state index is -0.782. The maximum Gasteiger partial charge on any atom is 0.265 e. The standard InChI is InChI=1S/C13H11F2NOS/c1-2-9-4-6-12(18-9)13(17)16-11-5-3-8(14)7-10(11)15/h3-7H,2H2,1H3,(H,16,17). The molecule has 1 heterocycles. The Kier molecular flexibility index (Phi) is 3.72. The quantitative estimate of drug-likeness (QED) is 0.899. The molecular formula is C13H11F2NOS. The smallest absolute Gasteiger partial charge is 0.265 e. The number of rotatable bonds is 3. The summed E-state index contributed by atoms with van der Waals surface area (Å²) in [5.74, 6) is -1.84. The van der Waals surface area contributed by atoms with Crippen molar-refractivity contribution in [3.05, 3.63) is 51.7 Å². The number of aryl methyl sites for hydroxylation is 1. The Bertz CT molecular complexity index is 580. The fourth-order valence-corrected chi connectivity index (χ4v) is 2.31. The molecule has 1 N–H and O–H groups in total. The summed E-state index contributed by atoms with van der Waals surface area (Å²) in [5, 5.41) is 2.42. The summed E-state index contributed by atoms with van der Waals surface area (Å²) in [5.41, 5.74) is -0.0205. The normalized spacial score (nSPS) is 10.4. The van der Waals surface area contributed by atoms with Gasteiger partial charge in [0.1, 0.15) is 11.6 Å². The topological polar surface area (TPSA) is 29.1 Å². The van der Waals surface area contributed by atoms with Gasteiger partial charge in [0.2, 0.25) is 0 Å². The van der Waals surface area contributed by atoms with E-state index in [2.05, 4.69) is 5.32 Å². The monoisotopic (exact) mass is 267 g/mol. The number of amides is 1. The van der Waals surface area contributed by atoms with Crippen LogP contribution in [0.2, 0.25) is 0 Å². The van der Waals surface area contributed by atoms with Gasteiger partial charge in [0.25, 0.3) is 5.91 Å².